The SMILES string of the molecule is COc1cc(/C=C2/C(=O)Nc3cc(Cl)ccc32)ccc1OCCOc1ccccc1Cl. The highest BCUT2D eigenvalue weighted by Crippen LogP contribution is 2.36. The lowest BCUT2D eigenvalue weighted by molar-refractivity contribution is -0.110. The standard InChI is InChI=1S/C24H19Cl2NO4/c1-29-23-13-15(12-18-17-8-7-16(25)14-20(17)27-24(18)28)6-9-22(23)31-11-10-30-21-5-3-2-4-19(21)26/h2-9,12-14H,10-11H2,1H3,(H,27,28)/b18-12+. The maximum Gasteiger partial charge on any atom is 0.256 e. The van der Waals surface area contributed by atoms with E-state index in [9.17, 15) is 4.79 Å². The van der Waals surface area contributed by atoms with Crippen molar-refractivity contribution in [2.45, 2.75) is 0 Å². The molecule has 1 heterocycles. The number of halogens is 2. The molecule has 3 aromatic carbocycles. The molecule has 0 aliphatic carbocycles. The van der Waals surface area contributed by atoms with Crippen molar-refractivity contribution < 1.29 is 19.0 Å². The van der Waals surface area contributed by atoms with Crippen LogP contribution in [-0.4, -0.2) is 26.2 Å². The van der Waals surface area contributed by atoms with E-state index in [4.69, 9.17) is 37.4 Å². The van der Waals surface area contributed by atoms with Gasteiger partial charge in [-0.15, -0.1) is 0 Å². The highest BCUT2D eigenvalue weighted by atomic mass is 35.5. The second kappa shape index (κ2) is 9.33. The van der Waals surface area contributed by atoms with Gasteiger partial charge in [0, 0.05) is 16.2 Å². The number of benzene rings is 3. The summed E-state index contributed by atoms with van der Waals surface area (Å²) in [5.74, 6) is 1.57. The van der Waals surface area contributed by atoms with E-state index in [-0.39, 0.29) is 5.91 Å². The molecular formula is C24H19Cl2NO4. The van der Waals surface area contributed by atoms with Crippen LogP contribution in [0.5, 0.6) is 17.2 Å². The lowest BCUT2D eigenvalue weighted by Crippen LogP contribution is -2.09. The molecule has 0 saturated carbocycles. The van der Waals surface area contributed by atoms with Crippen molar-refractivity contribution in [2.75, 3.05) is 25.6 Å². The lowest BCUT2D eigenvalue weighted by atomic mass is 10.0. The average Bonchev–Trinajstić information content (AvgIpc) is 3.07. The van der Waals surface area contributed by atoms with Crippen LogP contribution in [0.4, 0.5) is 5.69 Å². The number of para-hydroxylation sites is 1. The van der Waals surface area contributed by atoms with Gasteiger partial charge in [0.25, 0.3) is 5.91 Å². The van der Waals surface area contributed by atoms with Crippen molar-refractivity contribution in [3.05, 3.63) is 81.8 Å². The molecule has 0 atom stereocenters. The highest BCUT2D eigenvalue weighted by molar-refractivity contribution is 6.36. The zero-order valence-corrected chi connectivity index (χ0v) is 18.2. The van der Waals surface area contributed by atoms with Crippen LogP contribution in [-0.2, 0) is 4.79 Å². The van der Waals surface area contributed by atoms with Crippen molar-refractivity contribution in [3.63, 3.8) is 0 Å². The van der Waals surface area contributed by atoms with Gasteiger partial charge >= 0.3 is 0 Å². The Morgan fingerprint density at radius 2 is 1.68 bits per heavy atom. The number of nitrogens with one attached hydrogen (secondary N) is 1. The first-order valence-electron chi connectivity index (χ1n) is 9.56. The summed E-state index contributed by atoms with van der Waals surface area (Å²) in [6.07, 6.45) is 1.81. The molecule has 1 aliphatic rings. The summed E-state index contributed by atoms with van der Waals surface area (Å²) < 4.78 is 16.9. The van der Waals surface area contributed by atoms with Crippen LogP contribution in [0.2, 0.25) is 10.0 Å². The van der Waals surface area contributed by atoms with E-state index in [2.05, 4.69) is 5.32 Å². The summed E-state index contributed by atoms with van der Waals surface area (Å²) in [6.45, 7) is 0.650. The number of carbonyl (C=O) groups excluding carboxylic acids is 1. The average molecular weight is 456 g/mol. The molecule has 5 nitrogen and oxygen atoms in total. The van der Waals surface area contributed by atoms with E-state index in [0.717, 1.165) is 11.1 Å². The molecule has 1 N–H and O–H groups in total. The normalized spacial score (nSPS) is 13.6. The van der Waals surface area contributed by atoms with E-state index in [1.807, 2.05) is 36.4 Å². The molecule has 0 radical (unpaired) electrons. The molecule has 0 aromatic heterocycles. The number of amides is 1. The zero-order chi connectivity index (χ0) is 21.8. The zero-order valence-electron chi connectivity index (χ0n) is 16.7. The van der Waals surface area contributed by atoms with Crippen LogP contribution in [0.1, 0.15) is 11.1 Å². The fraction of sp³-hybridized carbons (Fsp3) is 0.125. The van der Waals surface area contributed by atoms with Crippen LogP contribution < -0.4 is 19.5 Å². The minimum atomic E-state index is -0.173. The Bertz CT molecular complexity index is 1160. The van der Waals surface area contributed by atoms with Crippen LogP contribution in [0.3, 0.4) is 0 Å². The molecule has 0 fully saturated rings. The predicted molar refractivity (Wildman–Crippen MR) is 123 cm³/mol. The summed E-state index contributed by atoms with van der Waals surface area (Å²) in [5.41, 5.74) is 2.89. The van der Waals surface area contributed by atoms with Gasteiger partial charge in [0.05, 0.1) is 17.8 Å². The largest absolute Gasteiger partial charge is 0.493 e. The van der Waals surface area contributed by atoms with Crippen LogP contribution >= 0.6 is 23.2 Å². The van der Waals surface area contributed by atoms with Gasteiger partial charge in [-0.1, -0.05) is 47.5 Å². The van der Waals surface area contributed by atoms with Crippen molar-refractivity contribution in [1.29, 1.82) is 0 Å². The Morgan fingerprint density at radius 3 is 2.45 bits per heavy atom. The minimum Gasteiger partial charge on any atom is -0.493 e. The first-order valence-corrected chi connectivity index (χ1v) is 10.3. The first kappa shape index (κ1) is 21.1. The Kier molecular flexibility index (Phi) is 6.35. The molecule has 0 spiro atoms. The van der Waals surface area contributed by atoms with Gasteiger partial charge in [-0.2, -0.15) is 0 Å². The van der Waals surface area contributed by atoms with E-state index >= 15 is 0 Å². The third kappa shape index (κ3) is 4.79. The molecule has 0 bridgehead atoms. The maximum absolute atomic E-state index is 12.4. The Balaban J connectivity index is 1.46. The molecular weight excluding hydrogens is 437 g/mol. The van der Waals surface area contributed by atoms with E-state index in [1.54, 1.807) is 37.4 Å². The second-order valence-electron chi connectivity index (χ2n) is 6.74. The molecule has 1 amide bonds. The molecule has 0 saturated heterocycles. The molecule has 1 aliphatic heterocycles. The second-order valence-corrected chi connectivity index (χ2v) is 7.58. The van der Waals surface area contributed by atoms with Gasteiger partial charge in [0.2, 0.25) is 0 Å². The van der Waals surface area contributed by atoms with Gasteiger partial charge in [-0.3, -0.25) is 4.79 Å². The van der Waals surface area contributed by atoms with Crippen molar-refractivity contribution in [1.82, 2.24) is 0 Å². The van der Waals surface area contributed by atoms with Crippen LogP contribution in [0.25, 0.3) is 11.6 Å². The van der Waals surface area contributed by atoms with Crippen molar-refractivity contribution in [2.24, 2.45) is 0 Å². The Morgan fingerprint density at radius 1 is 0.903 bits per heavy atom. The predicted octanol–water partition coefficient (Wildman–Crippen LogP) is 5.95. The monoisotopic (exact) mass is 455 g/mol. The molecule has 158 valence electrons. The molecule has 0 unspecified atom stereocenters. The third-order valence-electron chi connectivity index (χ3n) is 4.70. The summed E-state index contributed by atoms with van der Waals surface area (Å²) in [4.78, 5) is 12.4. The topological polar surface area (TPSA) is 56.8 Å². The lowest BCUT2D eigenvalue weighted by Gasteiger charge is -2.12. The third-order valence-corrected chi connectivity index (χ3v) is 5.25. The molecule has 7 heteroatoms. The van der Waals surface area contributed by atoms with Gasteiger partial charge < -0.3 is 19.5 Å². The van der Waals surface area contributed by atoms with Gasteiger partial charge in [0.15, 0.2) is 11.5 Å². The number of fused-ring (bicyclic) bond motifs is 1. The van der Waals surface area contributed by atoms with Crippen LogP contribution in [0.15, 0.2) is 60.7 Å². The van der Waals surface area contributed by atoms with Gasteiger partial charge in [-0.05, 0) is 48.0 Å². The Hall–Kier alpha value is -3.15. The molecule has 3 aromatic rings. The Labute approximate surface area is 190 Å². The molecule has 4 rings (SSSR count). The minimum absolute atomic E-state index is 0.173. The van der Waals surface area contributed by atoms with Crippen molar-refractivity contribution >= 4 is 46.4 Å². The van der Waals surface area contributed by atoms with E-state index < -0.39 is 0 Å². The number of hydrogen-bond acceptors (Lipinski definition) is 4. The molecule has 31 heavy (non-hydrogen) atoms. The smallest absolute Gasteiger partial charge is 0.256 e. The van der Waals surface area contributed by atoms with E-state index in [0.29, 0.717) is 51.8 Å². The number of anilines is 1. The summed E-state index contributed by atoms with van der Waals surface area (Å²) in [7, 11) is 1.57. The quantitative estimate of drug-likeness (QED) is 0.353. The summed E-state index contributed by atoms with van der Waals surface area (Å²) in [6, 6.07) is 18.1. The number of methoxy groups -OCH3 is 1. The van der Waals surface area contributed by atoms with Gasteiger partial charge in [-0.25, -0.2) is 0 Å². The van der Waals surface area contributed by atoms with Gasteiger partial charge in [0.1, 0.15) is 19.0 Å². The van der Waals surface area contributed by atoms with Crippen molar-refractivity contribution in [3.8, 4) is 17.2 Å². The number of ether oxygens (including phenoxy) is 3. The summed E-state index contributed by atoms with van der Waals surface area (Å²) >= 11 is 12.1. The van der Waals surface area contributed by atoms with Crippen LogP contribution in [0, 0.1) is 0 Å². The summed E-state index contributed by atoms with van der Waals surface area (Å²) in [5, 5.41) is 3.95. The maximum atomic E-state index is 12.4. The number of hydrogen-bond donors (Lipinski definition) is 1. The fourth-order valence-corrected chi connectivity index (χ4v) is 3.60. The number of rotatable bonds is 7. The fourth-order valence-electron chi connectivity index (χ4n) is 3.23. The highest BCUT2D eigenvalue weighted by Gasteiger charge is 2.24. The first-order chi connectivity index (χ1) is 15.0. The van der Waals surface area contributed by atoms with E-state index in [1.165, 1.54) is 0 Å². The number of carbonyl (C=O) groups is 1.